The van der Waals surface area contributed by atoms with Crippen molar-refractivity contribution in [2.75, 3.05) is 20.1 Å². The van der Waals surface area contributed by atoms with Crippen LogP contribution in [0.4, 0.5) is 4.39 Å². The monoisotopic (exact) mass is 374 g/mol. The van der Waals surface area contributed by atoms with Crippen molar-refractivity contribution in [2.24, 2.45) is 5.92 Å². The predicted molar refractivity (Wildman–Crippen MR) is 104 cm³/mol. The minimum absolute atomic E-state index is 0.0118. The summed E-state index contributed by atoms with van der Waals surface area (Å²) in [6, 6.07) is 6.05. The van der Waals surface area contributed by atoms with Crippen molar-refractivity contribution in [3.8, 4) is 0 Å². The molecule has 27 heavy (non-hydrogen) atoms. The zero-order valence-corrected chi connectivity index (χ0v) is 16.3. The third-order valence-electron chi connectivity index (χ3n) is 6.19. The molecule has 2 amide bonds. The van der Waals surface area contributed by atoms with Crippen LogP contribution >= 0.6 is 0 Å². The molecule has 148 valence electrons. The van der Waals surface area contributed by atoms with Crippen LogP contribution in [-0.4, -0.2) is 47.8 Å². The van der Waals surface area contributed by atoms with E-state index in [0.717, 1.165) is 12.8 Å². The van der Waals surface area contributed by atoms with Gasteiger partial charge in [-0.05, 0) is 49.9 Å². The zero-order chi connectivity index (χ0) is 19.2. The van der Waals surface area contributed by atoms with Crippen molar-refractivity contribution >= 4 is 11.8 Å². The molecule has 0 N–H and O–H groups in total. The highest BCUT2D eigenvalue weighted by atomic mass is 19.1. The maximum absolute atomic E-state index is 13.0. The summed E-state index contributed by atoms with van der Waals surface area (Å²) in [5.74, 6) is -0.158. The number of nitrogens with zero attached hydrogens (tertiary/aromatic N) is 2. The number of benzene rings is 1. The molecule has 1 saturated heterocycles. The van der Waals surface area contributed by atoms with Crippen LogP contribution in [0, 0.1) is 11.7 Å². The van der Waals surface area contributed by atoms with Gasteiger partial charge in [0.25, 0.3) is 5.91 Å². The normalized spacial score (nSPS) is 20.0. The molecule has 0 atom stereocenters. The zero-order valence-electron chi connectivity index (χ0n) is 16.3. The molecule has 0 aromatic heterocycles. The fourth-order valence-corrected chi connectivity index (χ4v) is 4.39. The second-order valence-electron chi connectivity index (χ2n) is 8.02. The molecule has 0 bridgehead atoms. The van der Waals surface area contributed by atoms with E-state index >= 15 is 0 Å². The van der Waals surface area contributed by atoms with Gasteiger partial charge in [0, 0.05) is 37.7 Å². The van der Waals surface area contributed by atoms with Crippen LogP contribution in [0.15, 0.2) is 24.3 Å². The standard InChI is InChI=1S/C22H31FN2O2/c1-24(20-7-5-3-2-4-6-8-20)21(26)18-13-15-25(16-14-18)22(27)17-9-11-19(23)12-10-17/h9-12,18,20H,2-8,13-16H2,1H3. The van der Waals surface area contributed by atoms with Gasteiger partial charge in [0.15, 0.2) is 0 Å². The van der Waals surface area contributed by atoms with Gasteiger partial charge in [0.1, 0.15) is 5.82 Å². The van der Waals surface area contributed by atoms with E-state index in [1.807, 2.05) is 11.9 Å². The molecule has 4 nitrogen and oxygen atoms in total. The highest BCUT2D eigenvalue weighted by Crippen LogP contribution is 2.25. The van der Waals surface area contributed by atoms with E-state index in [1.165, 1.54) is 56.4 Å². The summed E-state index contributed by atoms with van der Waals surface area (Å²) in [5, 5.41) is 0. The molecule has 0 unspecified atom stereocenters. The smallest absolute Gasteiger partial charge is 0.253 e. The van der Waals surface area contributed by atoms with Crippen molar-refractivity contribution in [3.05, 3.63) is 35.6 Å². The fraction of sp³-hybridized carbons (Fsp3) is 0.636. The van der Waals surface area contributed by atoms with Gasteiger partial charge in [0.05, 0.1) is 0 Å². The summed E-state index contributed by atoms with van der Waals surface area (Å²) >= 11 is 0. The van der Waals surface area contributed by atoms with Crippen molar-refractivity contribution in [3.63, 3.8) is 0 Å². The third-order valence-corrected chi connectivity index (χ3v) is 6.19. The molecule has 3 rings (SSSR count). The van der Waals surface area contributed by atoms with E-state index in [-0.39, 0.29) is 23.5 Å². The lowest BCUT2D eigenvalue weighted by molar-refractivity contribution is -0.138. The Morgan fingerprint density at radius 2 is 1.48 bits per heavy atom. The first-order valence-electron chi connectivity index (χ1n) is 10.4. The highest BCUT2D eigenvalue weighted by molar-refractivity contribution is 5.94. The van der Waals surface area contributed by atoms with E-state index in [1.54, 1.807) is 4.90 Å². The van der Waals surface area contributed by atoms with Crippen LogP contribution in [-0.2, 0) is 4.79 Å². The van der Waals surface area contributed by atoms with E-state index < -0.39 is 0 Å². The van der Waals surface area contributed by atoms with E-state index in [0.29, 0.717) is 37.5 Å². The van der Waals surface area contributed by atoms with Crippen LogP contribution in [0.5, 0.6) is 0 Å². The number of amides is 2. The molecule has 2 aliphatic rings. The number of carbonyl (C=O) groups excluding carboxylic acids is 2. The second kappa shape index (κ2) is 9.34. The maximum Gasteiger partial charge on any atom is 0.253 e. The summed E-state index contributed by atoms with van der Waals surface area (Å²) in [6.45, 7) is 1.18. The number of carbonyl (C=O) groups is 2. The lowest BCUT2D eigenvalue weighted by atomic mass is 9.92. The molecule has 1 heterocycles. The Kier molecular flexibility index (Phi) is 6.86. The Morgan fingerprint density at radius 3 is 2.07 bits per heavy atom. The van der Waals surface area contributed by atoms with E-state index in [2.05, 4.69) is 0 Å². The first kappa shape index (κ1) is 19.8. The Labute approximate surface area is 161 Å². The van der Waals surface area contributed by atoms with Gasteiger partial charge >= 0.3 is 0 Å². The summed E-state index contributed by atoms with van der Waals surface area (Å²) < 4.78 is 13.0. The first-order chi connectivity index (χ1) is 13.1. The summed E-state index contributed by atoms with van der Waals surface area (Å²) in [6.07, 6.45) is 9.97. The van der Waals surface area contributed by atoms with Gasteiger partial charge in [-0.3, -0.25) is 9.59 Å². The lowest BCUT2D eigenvalue weighted by Crippen LogP contribution is -2.46. The number of rotatable bonds is 3. The number of likely N-dealkylation sites (tertiary alicyclic amines) is 1. The van der Waals surface area contributed by atoms with Crippen molar-refractivity contribution in [1.82, 2.24) is 9.80 Å². The quantitative estimate of drug-likeness (QED) is 0.794. The van der Waals surface area contributed by atoms with Crippen LogP contribution in [0.25, 0.3) is 0 Å². The van der Waals surface area contributed by atoms with Crippen LogP contribution in [0.3, 0.4) is 0 Å². The molecule has 1 saturated carbocycles. The van der Waals surface area contributed by atoms with Crippen molar-refractivity contribution in [2.45, 2.75) is 63.8 Å². The Hall–Kier alpha value is -1.91. The molecule has 1 aliphatic carbocycles. The fourth-order valence-electron chi connectivity index (χ4n) is 4.39. The van der Waals surface area contributed by atoms with Gasteiger partial charge in [0.2, 0.25) is 5.91 Å². The summed E-state index contributed by atoms with van der Waals surface area (Å²) in [7, 11) is 1.96. The maximum atomic E-state index is 13.0. The second-order valence-corrected chi connectivity index (χ2v) is 8.02. The summed E-state index contributed by atoms with van der Waals surface area (Å²) in [4.78, 5) is 29.3. The van der Waals surface area contributed by atoms with Crippen LogP contribution < -0.4 is 0 Å². The van der Waals surface area contributed by atoms with Crippen molar-refractivity contribution < 1.29 is 14.0 Å². The molecule has 0 spiro atoms. The topological polar surface area (TPSA) is 40.6 Å². The number of halogens is 1. The van der Waals surface area contributed by atoms with E-state index in [9.17, 15) is 14.0 Å². The highest BCUT2D eigenvalue weighted by Gasteiger charge is 2.31. The number of hydrogen-bond donors (Lipinski definition) is 0. The third kappa shape index (κ3) is 5.08. The van der Waals surface area contributed by atoms with E-state index in [4.69, 9.17) is 0 Å². The van der Waals surface area contributed by atoms with Gasteiger partial charge in [-0.15, -0.1) is 0 Å². The average Bonchev–Trinajstić information content (AvgIpc) is 2.67. The molecule has 2 fully saturated rings. The number of piperidine rings is 1. The Balaban J connectivity index is 1.52. The van der Waals surface area contributed by atoms with Crippen molar-refractivity contribution in [1.29, 1.82) is 0 Å². The Bertz CT molecular complexity index is 630. The first-order valence-corrected chi connectivity index (χ1v) is 10.4. The molecular formula is C22H31FN2O2. The van der Waals surface area contributed by atoms with Gasteiger partial charge in [-0.2, -0.15) is 0 Å². The molecule has 1 aromatic rings. The largest absolute Gasteiger partial charge is 0.343 e. The SMILES string of the molecule is CN(C(=O)C1CCN(C(=O)c2ccc(F)cc2)CC1)C1CCCCCCC1. The van der Waals surface area contributed by atoms with Crippen LogP contribution in [0.2, 0.25) is 0 Å². The lowest BCUT2D eigenvalue weighted by Gasteiger charge is -2.36. The Morgan fingerprint density at radius 1 is 0.926 bits per heavy atom. The predicted octanol–water partition coefficient (Wildman–Crippen LogP) is 4.25. The minimum atomic E-state index is -0.340. The average molecular weight is 375 g/mol. The van der Waals surface area contributed by atoms with Gasteiger partial charge < -0.3 is 9.80 Å². The molecule has 5 heteroatoms. The summed E-state index contributed by atoms with van der Waals surface area (Å²) in [5.41, 5.74) is 0.507. The minimum Gasteiger partial charge on any atom is -0.343 e. The van der Waals surface area contributed by atoms with Gasteiger partial charge in [-0.25, -0.2) is 4.39 Å². The molecular weight excluding hydrogens is 343 g/mol. The molecule has 0 radical (unpaired) electrons. The molecule has 1 aromatic carbocycles. The van der Waals surface area contributed by atoms with Crippen LogP contribution in [0.1, 0.15) is 68.1 Å². The number of hydrogen-bond acceptors (Lipinski definition) is 2. The molecule has 1 aliphatic heterocycles. The van der Waals surface area contributed by atoms with Gasteiger partial charge in [-0.1, -0.05) is 32.1 Å².